The average Bonchev–Trinajstić information content (AvgIpc) is 2.33. The number of unbranched alkanes of at least 4 members (excludes halogenated alkanes) is 1. The molecule has 0 saturated carbocycles. The van der Waals surface area contributed by atoms with Crippen molar-refractivity contribution in [2.24, 2.45) is 5.92 Å². The van der Waals surface area contributed by atoms with Crippen LogP contribution in [-0.2, 0) is 0 Å². The molecular weight excluding hydrogens is 222 g/mol. The van der Waals surface area contributed by atoms with Crippen molar-refractivity contribution in [1.82, 2.24) is 15.1 Å². The van der Waals surface area contributed by atoms with Crippen LogP contribution in [0.2, 0.25) is 0 Å². The highest BCUT2D eigenvalue weighted by atomic mass is 15.2. The standard InChI is InChI=1S/C15H33N3/c1-6-16-15-9-12-18(14(3)13(15)2)11-8-7-10-17(4)5/h13-16H,6-12H2,1-5H3. The summed E-state index contributed by atoms with van der Waals surface area (Å²) < 4.78 is 0. The first kappa shape index (κ1) is 15.9. The Bertz CT molecular complexity index is 218. The summed E-state index contributed by atoms with van der Waals surface area (Å²) in [5, 5.41) is 3.63. The lowest BCUT2D eigenvalue weighted by Crippen LogP contribution is -2.53. The molecule has 1 N–H and O–H groups in total. The van der Waals surface area contributed by atoms with Crippen molar-refractivity contribution in [3.8, 4) is 0 Å². The summed E-state index contributed by atoms with van der Waals surface area (Å²) in [6.45, 7) is 11.9. The fraction of sp³-hybridized carbons (Fsp3) is 1.00. The zero-order valence-electron chi connectivity index (χ0n) is 13.1. The maximum absolute atomic E-state index is 3.63. The average molecular weight is 255 g/mol. The van der Waals surface area contributed by atoms with Gasteiger partial charge in [-0.1, -0.05) is 13.8 Å². The zero-order chi connectivity index (χ0) is 13.5. The molecule has 18 heavy (non-hydrogen) atoms. The van der Waals surface area contributed by atoms with Crippen LogP contribution in [0, 0.1) is 5.92 Å². The fourth-order valence-electron chi connectivity index (χ4n) is 3.05. The highest BCUT2D eigenvalue weighted by Gasteiger charge is 2.31. The van der Waals surface area contributed by atoms with E-state index in [1.165, 1.54) is 38.9 Å². The predicted molar refractivity (Wildman–Crippen MR) is 80.1 cm³/mol. The van der Waals surface area contributed by atoms with Crippen molar-refractivity contribution in [2.75, 3.05) is 40.3 Å². The number of piperidine rings is 1. The van der Waals surface area contributed by atoms with E-state index in [1.54, 1.807) is 0 Å². The Kier molecular flexibility index (Phi) is 7.20. The molecule has 0 amide bonds. The Morgan fingerprint density at radius 3 is 2.56 bits per heavy atom. The Balaban J connectivity index is 2.27. The number of rotatable bonds is 7. The van der Waals surface area contributed by atoms with Gasteiger partial charge >= 0.3 is 0 Å². The molecule has 0 radical (unpaired) electrons. The van der Waals surface area contributed by atoms with Crippen molar-refractivity contribution in [3.05, 3.63) is 0 Å². The molecule has 3 nitrogen and oxygen atoms in total. The maximum atomic E-state index is 3.63. The zero-order valence-corrected chi connectivity index (χ0v) is 13.1. The van der Waals surface area contributed by atoms with Crippen molar-refractivity contribution in [3.63, 3.8) is 0 Å². The first-order valence-electron chi connectivity index (χ1n) is 7.68. The van der Waals surface area contributed by atoms with Gasteiger partial charge in [-0.05, 0) is 72.4 Å². The van der Waals surface area contributed by atoms with Gasteiger partial charge in [-0.3, -0.25) is 0 Å². The molecule has 3 atom stereocenters. The number of hydrogen-bond acceptors (Lipinski definition) is 3. The first-order chi connectivity index (χ1) is 8.56. The minimum Gasteiger partial charge on any atom is -0.314 e. The number of nitrogens with zero attached hydrogens (tertiary/aromatic N) is 2. The van der Waals surface area contributed by atoms with E-state index in [0.717, 1.165) is 24.5 Å². The molecule has 3 unspecified atom stereocenters. The van der Waals surface area contributed by atoms with Crippen LogP contribution >= 0.6 is 0 Å². The second kappa shape index (κ2) is 8.13. The Morgan fingerprint density at radius 1 is 1.22 bits per heavy atom. The molecule has 0 aliphatic carbocycles. The molecule has 1 rings (SSSR count). The molecular formula is C15H33N3. The van der Waals surface area contributed by atoms with Crippen LogP contribution in [0.1, 0.15) is 40.0 Å². The van der Waals surface area contributed by atoms with Gasteiger partial charge in [-0.15, -0.1) is 0 Å². The summed E-state index contributed by atoms with van der Waals surface area (Å²) in [7, 11) is 4.32. The molecule has 1 heterocycles. The summed E-state index contributed by atoms with van der Waals surface area (Å²) in [5.41, 5.74) is 0. The van der Waals surface area contributed by atoms with Crippen LogP contribution in [0.5, 0.6) is 0 Å². The lowest BCUT2D eigenvalue weighted by Gasteiger charge is -2.43. The smallest absolute Gasteiger partial charge is 0.0120 e. The normalized spacial score (nSPS) is 30.0. The van der Waals surface area contributed by atoms with Crippen LogP contribution in [0.4, 0.5) is 0 Å². The Hall–Kier alpha value is -0.120. The van der Waals surface area contributed by atoms with Crippen molar-refractivity contribution >= 4 is 0 Å². The highest BCUT2D eigenvalue weighted by molar-refractivity contribution is 4.88. The summed E-state index contributed by atoms with van der Waals surface area (Å²) in [5.74, 6) is 0.771. The van der Waals surface area contributed by atoms with E-state index in [-0.39, 0.29) is 0 Å². The van der Waals surface area contributed by atoms with Gasteiger partial charge in [0.05, 0.1) is 0 Å². The molecule has 0 aromatic heterocycles. The monoisotopic (exact) mass is 255 g/mol. The van der Waals surface area contributed by atoms with E-state index < -0.39 is 0 Å². The quantitative estimate of drug-likeness (QED) is 0.702. The summed E-state index contributed by atoms with van der Waals surface area (Å²) in [6.07, 6.45) is 3.97. The molecule has 1 aliphatic heterocycles. The summed E-state index contributed by atoms with van der Waals surface area (Å²) >= 11 is 0. The van der Waals surface area contributed by atoms with Crippen molar-refractivity contribution in [1.29, 1.82) is 0 Å². The largest absolute Gasteiger partial charge is 0.314 e. The molecule has 0 aromatic rings. The third kappa shape index (κ3) is 4.87. The third-order valence-corrected chi connectivity index (χ3v) is 4.47. The number of nitrogens with one attached hydrogen (secondary N) is 1. The van der Waals surface area contributed by atoms with Gasteiger partial charge in [0.25, 0.3) is 0 Å². The lowest BCUT2D eigenvalue weighted by atomic mass is 9.87. The predicted octanol–water partition coefficient (Wildman–Crippen LogP) is 2.04. The Labute approximate surface area is 114 Å². The van der Waals surface area contributed by atoms with Gasteiger partial charge in [0.2, 0.25) is 0 Å². The molecule has 1 aliphatic rings. The molecule has 1 fully saturated rings. The number of likely N-dealkylation sites (tertiary alicyclic amines) is 1. The van der Waals surface area contributed by atoms with E-state index in [2.05, 4.69) is 50.0 Å². The van der Waals surface area contributed by atoms with Gasteiger partial charge in [-0.2, -0.15) is 0 Å². The second-order valence-electron chi connectivity index (χ2n) is 6.10. The van der Waals surface area contributed by atoms with E-state index in [4.69, 9.17) is 0 Å². The van der Waals surface area contributed by atoms with E-state index in [1.807, 2.05) is 0 Å². The van der Waals surface area contributed by atoms with Gasteiger partial charge in [0.15, 0.2) is 0 Å². The summed E-state index contributed by atoms with van der Waals surface area (Å²) in [6, 6.07) is 1.45. The van der Waals surface area contributed by atoms with Crippen molar-refractivity contribution < 1.29 is 0 Å². The second-order valence-corrected chi connectivity index (χ2v) is 6.10. The number of hydrogen-bond donors (Lipinski definition) is 1. The van der Waals surface area contributed by atoms with Crippen LogP contribution in [0.3, 0.4) is 0 Å². The van der Waals surface area contributed by atoms with Gasteiger partial charge in [0.1, 0.15) is 0 Å². The van der Waals surface area contributed by atoms with Crippen LogP contribution in [-0.4, -0.2) is 62.2 Å². The molecule has 108 valence electrons. The summed E-state index contributed by atoms with van der Waals surface area (Å²) in [4.78, 5) is 4.97. The minimum absolute atomic E-state index is 0.724. The van der Waals surface area contributed by atoms with Gasteiger partial charge in [0, 0.05) is 12.1 Å². The van der Waals surface area contributed by atoms with Crippen LogP contribution < -0.4 is 5.32 Å². The topological polar surface area (TPSA) is 18.5 Å². The third-order valence-electron chi connectivity index (χ3n) is 4.47. The van der Waals surface area contributed by atoms with E-state index in [9.17, 15) is 0 Å². The van der Waals surface area contributed by atoms with Crippen LogP contribution in [0.25, 0.3) is 0 Å². The van der Waals surface area contributed by atoms with Crippen LogP contribution in [0.15, 0.2) is 0 Å². The van der Waals surface area contributed by atoms with Gasteiger partial charge < -0.3 is 15.1 Å². The minimum atomic E-state index is 0.724. The van der Waals surface area contributed by atoms with E-state index >= 15 is 0 Å². The highest BCUT2D eigenvalue weighted by Crippen LogP contribution is 2.23. The molecule has 3 heteroatoms. The first-order valence-corrected chi connectivity index (χ1v) is 7.68. The molecule has 0 bridgehead atoms. The lowest BCUT2D eigenvalue weighted by molar-refractivity contribution is 0.0835. The maximum Gasteiger partial charge on any atom is 0.0120 e. The Morgan fingerprint density at radius 2 is 1.94 bits per heavy atom. The molecule has 0 aromatic carbocycles. The molecule has 0 spiro atoms. The SMILES string of the molecule is CCNC1CCN(CCCCN(C)C)C(C)C1C. The van der Waals surface area contributed by atoms with Crippen molar-refractivity contribution in [2.45, 2.75) is 52.1 Å². The fourth-order valence-corrected chi connectivity index (χ4v) is 3.05. The molecule has 1 saturated heterocycles. The van der Waals surface area contributed by atoms with E-state index in [0.29, 0.717) is 0 Å². The van der Waals surface area contributed by atoms with Gasteiger partial charge in [-0.25, -0.2) is 0 Å².